The van der Waals surface area contributed by atoms with E-state index in [4.69, 9.17) is 9.47 Å². The van der Waals surface area contributed by atoms with Gasteiger partial charge in [0.2, 0.25) is 0 Å². The van der Waals surface area contributed by atoms with Crippen LogP contribution in [-0.2, 0) is 20.9 Å². The largest absolute Gasteiger partial charge is 0.466 e. The predicted octanol–water partition coefficient (Wildman–Crippen LogP) is 4.54. The average Bonchev–Trinajstić information content (AvgIpc) is 2.77. The van der Waals surface area contributed by atoms with Crippen LogP contribution in [0.4, 0.5) is 4.79 Å². The molecule has 0 aliphatic carbocycles. The number of esters is 1. The summed E-state index contributed by atoms with van der Waals surface area (Å²) in [6.07, 6.45) is 4.30. The van der Waals surface area contributed by atoms with Gasteiger partial charge in [-0.1, -0.05) is 66.7 Å². The molecule has 0 saturated carbocycles. The maximum atomic E-state index is 12.1. The first-order valence-corrected chi connectivity index (χ1v) is 9.98. The van der Waals surface area contributed by atoms with E-state index in [1.54, 1.807) is 19.1 Å². The van der Waals surface area contributed by atoms with Crippen LogP contribution in [0.15, 0.2) is 60.7 Å². The first-order valence-electron chi connectivity index (χ1n) is 9.98. The highest BCUT2D eigenvalue weighted by Crippen LogP contribution is 2.10. The summed E-state index contributed by atoms with van der Waals surface area (Å²) in [5.41, 5.74) is 2.46. The lowest BCUT2D eigenvalue weighted by molar-refractivity contribution is -0.143. The minimum atomic E-state index is -0.446. The summed E-state index contributed by atoms with van der Waals surface area (Å²) in [4.78, 5) is 35.1. The Bertz CT molecular complexity index is 844. The monoisotopic (exact) mass is 409 g/mol. The summed E-state index contributed by atoms with van der Waals surface area (Å²) in [5.74, 6) is -0.445. The second-order valence-electron chi connectivity index (χ2n) is 6.53. The Kier molecular flexibility index (Phi) is 9.86. The van der Waals surface area contributed by atoms with E-state index in [2.05, 4.69) is 5.32 Å². The van der Waals surface area contributed by atoms with Gasteiger partial charge in [0.15, 0.2) is 5.78 Å². The van der Waals surface area contributed by atoms with E-state index in [1.165, 1.54) is 0 Å². The van der Waals surface area contributed by atoms with E-state index in [9.17, 15) is 14.4 Å². The molecular weight excluding hydrogens is 382 g/mol. The van der Waals surface area contributed by atoms with Crippen molar-refractivity contribution in [2.75, 3.05) is 13.2 Å². The number of rotatable bonds is 11. The van der Waals surface area contributed by atoms with Crippen LogP contribution < -0.4 is 5.32 Å². The number of carbonyl (C=O) groups is 3. The highest BCUT2D eigenvalue weighted by atomic mass is 16.5. The number of hydrogen-bond acceptors (Lipinski definition) is 5. The van der Waals surface area contributed by atoms with E-state index in [0.29, 0.717) is 25.1 Å². The number of ether oxygens (including phenoxy) is 2. The fraction of sp³-hybridized carbons (Fsp3) is 0.292. The Morgan fingerprint density at radius 2 is 1.67 bits per heavy atom. The van der Waals surface area contributed by atoms with E-state index in [0.717, 1.165) is 11.1 Å². The Balaban J connectivity index is 1.65. The van der Waals surface area contributed by atoms with Gasteiger partial charge >= 0.3 is 12.1 Å². The molecule has 0 heterocycles. The molecule has 0 aliphatic rings. The summed E-state index contributed by atoms with van der Waals surface area (Å²) >= 11 is 0. The molecule has 0 spiro atoms. The molecule has 0 fully saturated rings. The van der Waals surface area contributed by atoms with E-state index in [1.807, 2.05) is 54.6 Å². The predicted molar refractivity (Wildman–Crippen MR) is 115 cm³/mol. The van der Waals surface area contributed by atoms with Gasteiger partial charge in [0.25, 0.3) is 0 Å². The number of alkyl carbamates (subject to hydrolysis) is 1. The second kappa shape index (κ2) is 12.9. The van der Waals surface area contributed by atoms with Gasteiger partial charge in [0.1, 0.15) is 6.61 Å². The molecule has 0 aromatic heterocycles. The molecule has 0 radical (unpaired) electrons. The third-order valence-electron chi connectivity index (χ3n) is 4.20. The van der Waals surface area contributed by atoms with Gasteiger partial charge < -0.3 is 14.8 Å². The number of Topliss-reactive ketones (excluding diaryl/α,β-unsaturated/α-hetero) is 1. The van der Waals surface area contributed by atoms with Crippen LogP contribution in [0.3, 0.4) is 0 Å². The van der Waals surface area contributed by atoms with Crippen molar-refractivity contribution in [1.29, 1.82) is 0 Å². The first-order chi connectivity index (χ1) is 14.6. The second-order valence-corrected chi connectivity index (χ2v) is 6.53. The van der Waals surface area contributed by atoms with Crippen molar-refractivity contribution in [3.8, 4) is 0 Å². The van der Waals surface area contributed by atoms with Crippen molar-refractivity contribution in [1.82, 2.24) is 5.32 Å². The summed E-state index contributed by atoms with van der Waals surface area (Å²) in [5, 5.41) is 2.70. The fourth-order valence-corrected chi connectivity index (χ4v) is 2.62. The van der Waals surface area contributed by atoms with Gasteiger partial charge in [-0.3, -0.25) is 9.59 Å². The lowest BCUT2D eigenvalue weighted by Crippen LogP contribution is -2.24. The van der Waals surface area contributed by atoms with Crippen LogP contribution in [-0.4, -0.2) is 31.0 Å². The third-order valence-corrected chi connectivity index (χ3v) is 4.20. The van der Waals surface area contributed by atoms with E-state index in [-0.39, 0.29) is 31.2 Å². The molecule has 1 N–H and O–H groups in total. The molecule has 0 aliphatic heterocycles. The molecular formula is C24H27NO5. The fourth-order valence-electron chi connectivity index (χ4n) is 2.62. The Hall–Kier alpha value is -3.41. The zero-order chi connectivity index (χ0) is 21.6. The number of hydrogen-bond donors (Lipinski definition) is 1. The smallest absolute Gasteiger partial charge is 0.407 e. The normalized spacial score (nSPS) is 10.6. The van der Waals surface area contributed by atoms with Gasteiger partial charge in [0.05, 0.1) is 13.0 Å². The molecule has 0 unspecified atom stereocenters. The molecule has 0 bridgehead atoms. The molecule has 2 aromatic rings. The van der Waals surface area contributed by atoms with Crippen molar-refractivity contribution in [3.05, 3.63) is 77.4 Å². The van der Waals surface area contributed by atoms with Gasteiger partial charge in [-0.25, -0.2) is 4.79 Å². The topological polar surface area (TPSA) is 81.7 Å². The number of amides is 1. The highest BCUT2D eigenvalue weighted by molar-refractivity contribution is 5.97. The minimum absolute atomic E-state index is 0.0863. The van der Waals surface area contributed by atoms with Crippen LogP contribution in [0.1, 0.15) is 47.7 Å². The summed E-state index contributed by atoms with van der Waals surface area (Å²) in [6, 6.07) is 16.7. The summed E-state index contributed by atoms with van der Waals surface area (Å²) in [7, 11) is 0. The Morgan fingerprint density at radius 1 is 0.933 bits per heavy atom. The van der Waals surface area contributed by atoms with E-state index < -0.39 is 6.09 Å². The molecule has 1 amide bonds. The van der Waals surface area contributed by atoms with Crippen LogP contribution in [0, 0.1) is 0 Å². The highest BCUT2D eigenvalue weighted by Gasteiger charge is 2.09. The van der Waals surface area contributed by atoms with Gasteiger partial charge in [-0.05, 0) is 24.5 Å². The Labute approximate surface area is 176 Å². The van der Waals surface area contributed by atoms with Crippen molar-refractivity contribution < 1.29 is 23.9 Å². The van der Waals surface area contributed by atoms with Crippen LogP contribution >= 0.6 is 0 Å². The lowest BCUT2D eigenvalue weighted by Gasteiger charge is -2.06. The van der Waals surface area contributed by atoms with Crippen LogP contribution in [0.2, 0.25) is 0 Å². The average molecular weight is 409 g/mol. The summed E-state index contributed by atoms with van der Waals surface area (Å²) < 4.78 is 9.97. The quantitative estimate of drug-likeness (QED) is 0.335. The molecule has 158 valence electrons. The molecule has 30 heavy (non-hydrogen) atoms. The SMILES string of the molecule is CCOC(=O)CCC(=O)c1ccc(C=CCCNC(=O)OCc2ccccc2)cc1. The van der Waals surface area contributed by atoms with Crippen LogP contribution in [0.25, 0.3) is 6.08 Å². The molecule has 6 heteroatoms. The van der Waals surface area contributed by atoms with Gasteiger partial charge in [0, 0.05) is 18.5 Å². The standard InChI is InChI=1S/C24H27NO5/c1-2-29-23(27)16-15-22(26)21-13-11-19(12-14-21)8-6-7-17-25-24(28)30-18-20-9-4-3-5-10-20/h3-6,8-14H,2,7,15-18H2,1H3,(H,25,28). The zero-order valence-corrected chi connectivity index (χ0v) is 17.1. The third kappa shape index (κ3) is 8.73. The van der Waals surface area contributed by atoms with Gasteiger partial charge in [-0.15, -0.1) is 0 Å². The van der Waals surface area contributed by atoms with Crippen molar-refractivity contribution in [3.63, 3.8) is 0 Å². The van der Waals surface area contributed by atoms with Gasteiger partial charge in [-0.2, -0.15) is 0 Å². The number of nitrogens with one attached hydrogen (secondary N) is 1. The minimum Gasteiger partial charge on any atom is -0.466 e. The van der Waals surface area contributed by atoms with Crippen LogP contribution in [0.5, 0.6) is 0 Å². The maximum Gasteiger partial charge on any atom is 0.407 e. The number of benzene rings is 2. The molecule has 0 atom stereocenters. The molecule has 6 nitrogen and oxygen atoms in total. The Morgan fingerprint density at radius 3 is 2.37 bits per heavy atom. The van der Waals surface area contributed by atoms with Crippen molar-refractivity contribution >= 4 is 23.9 Å². The van der Waals surface area contributed by atoms with Crippen molar-refractivity contribution in [2.24, 2.45) is 0 Å². The molecule has 2 aromatic carbocycles. The molecule has 0 saturated heterocycles. The zero-order valence-electron chi connectivity index (χ0n) is 17.1. The summed E-state index contributed by atoms with van der Waals surface area (Å²) in [6.45, 7) is 2.76. The lowest BCUT2D eigenvalue weighted by atomic mass is 10.0. The van der Waals surface area contributed by atoms with Crippen molar-refractivity contribution in [2.45, 2.75) is 32.8 Å². The maximum absolute atomic E-state index is 12.1. The number of carbonyl (C=O) groups excluding carboxylic acids is 3. The van der Waals surface area contributed by atoms with E-state index >= 15 is 0 Å². The number of ketones is 1. The molecule has 2 rings (SSSR count). The first kappa shape index (κ1) is 22.9.